The molecule has 2 aromatic carbocycles. The van der Waals surface area contributed by atoms with Crippen LogP contribution in [-0.4, -0.2) is 0 Å². The van der Waals surface area contributed by atoms with E-state index in [1.807, 2.05) is 30.3 Å². The lowest BCUT2D eigenvalue weighted by atomic mass is 10.2. The molecule has 0 bridgehead atoms. The highest BCUT2D eigenvalue weighted by molar-refractivity contribution is 14.1. The van der Waals surface area contributed by atoms with Gasteiger partial charge in [0.15, 0.2) is 0 Å². The zero-order chi connectivity index (χ0) is 13.1. The summed E-state index contributed by atoms with van der Waals surface area (Å²) in [6, 6.07) is 13.3. The molecule has 2 nitrogen and oxygen atoms in total. The molecule has 18 heavy (non-hydrogen) atoms. The number of rotatable bonds is 2. The molecule has 0 heterocycles. The van der Waals surface area contributed by atoms with Crippen molar-refractivity contribution in [3.05, 3.63) is 55.0 Å². The number of nitrogens with one attached hydrogen (secondary N) is 1. The molecule has 2 rings (SSSR count). The van der Waals surface area contributed by atoms with Crippen LogP contribution in [0.2, 0.25) is 5.02 Å². The van der Waals surface area contributed by atoms with Crippen molar-refractivity contribution in [2.45, 2.75) is 0 Å². The Hall–Kier alpha value is -0.770. The van der Waals surface area contributed by atoms with Crippen LogP contribution in [0.1, 0.15) is 5.56 Å². The van der Waals surface area contributed by atoms with Gasteiger partial charge < -0.3 is 5.32 Å². The van der Waals surface area contributed by atoms with Gasteiger partial charge in [-0.2, -0.15) is 5.26 Å². The quantitative estimate of drug-likeness (QED) is 0.651. The summed E-state index contributed by atoms with van der Waals surface area (Å²) in [5, 5.41) is 12.7. The maximum absolute atomic E-state index is 8.86. The molecule has 0 aromatic heterocycles. The summed E-state index contributed by atoms with van der Waals surface area (Å²) < 4.78 is 1.86. The van der Waals surface area contributed by atoms with Crippen molar-refractivity contribution in [3.63, 3.8) is 0 Å². The Bertz CT molecular complexity index is 637. The van der Waals surface area contributed by atoms with Crippen LogP contribution in [0.3, 0.4) is 0 Å². The van der Waals surface area contributed by atoms with Crippen LogP contribution < -0.4 is 5.32 Å². The van der Waals surface area contributed by atoms with Gasteiger partial charge in [-0.1, -0.05) is 11.6 Å². The van der Waals surface area contributed by atoms with E-state index >= 15 is 0 Å². The smallest absolute Gasteiger partial charge is 0.100 e. The first-order valence-electron chi connectivity index (χ1n) is 5.02. The summed E-state index contributed by atoms with van der Waals surface area (Å²) in [6.07, 6.45) is 0. The van der Waals surface area contributed by atoms with E-state index < -0.39 is 0 Å². The number of anilines is 2. The average Bonchev–Trinajstić information content (AvgIpc) is 2.34. The van der Waals surface area contributed by atoms with E-state index in [0.717, 1.165) is 19.4 Å². The number of nitrogens with zero attached hydrogens (tertiary/aromatic N) is 1. The van der Waals surface area contributed by atoms with Gasteiger partial charge in [-0.3, -0.25) is 0 Å². The molecule has 0 saturated heterocycles. The highest BCUT2D eigenvalue weighted by atomic mass is 127. The topological polar surface area (TPSA) is 35.8 Å². The molecule has 0 unspecified atom stereocenters. The molecule has 5 heteroatoms. The second kappa shape index (κ2) is 5.91. The van der Waals surface area contributed by atoms with Crippen LogP contribution in [0, 0.1) is 14.9 Å². The zero-order valence-corrected chi connectivity index (χ0v) is 13.5. The maximum Gasteiger partial charge on any atom is 0.100 e. The molecule has 0 radical (unpaired) electrons. The molecule has 90 valence electrons. The fourth-order valence-electron chi connectivity index (χ4n) is 1.43. The molecule has 0 aliphatic heterocycles. The Morgan fingerprint density at radius 1 is 1.22 bits per heavy atom. The van der Waals surface area contributed by atoms with Crippen molar-refractivity contribution in [2.75, 3.05) is 5.32 Å². The predicted molar refractivity (Wildman–Crippen MR) is 86.3 cm³/mol. The fourth-order valence-corrected chi connectivity index (χ4v) is 2.56. The van der Waals surface area contributed by atoms with Crippen LogP contribution in [-0.2, 0) is 0 Å². The molecule has 0 aliphatic carbocycles. The Morgan fingerprint density at radius 2 is 2.00 bits per heavy atom. The Morgan fingerprint density at radius 3 is 2.67 bits per heavy atom. The predicted octanol–water partition coefficient (Wildman–Crippen LogP) is 5.32. The minimum absolute atomic E-state index is 0.606. The van der Waals surface area contributed by atoms with E-state index in [1.54, 1.807) is 6.07 Å². The summed E-state index contributed by atoms with van der Waals surface area (Å²) in [5.41, 5.74) is 2.33. The van der Waals surface area contributed by atoms with Gasteiger partial charge in [-0.15, -0.1) is 0 Å². The van der Waals surface area contributed by atoms with E-state index in [1.165, 1.54) is 0 Å². The van der Waals surface area contributed by atoms with E-state index in [4.69, 9.17) is 16.9 Å². The van der Waals surface area contributed by atoms with Crippen molar-refractivity contribution in [1.82, 2.24) is 0 Å². The zero-order valence-electron chi connectivity index (χ0n) is 9.05. The summed E-state index contributed by atoms with van der Waals surface area (Å²) in [6.45, 7) is 0. The normalized spacial score (nSPS) is 9.89. The van der Waals surface area contributed by atoms with Gasteiger partial charge in [-0.05, 0) is 74.9 Å². The average molecular weight is 433 g/mol. The van der Waals surface area contributed by atoms with Crippen LogP contribution in [0.4, 0.5) is 11.4 Å². The van der Waals surface area contributed by atoms with E-state index in [9.17, 15) is 0 Å². The summed E-state index contributed by atoms with van der Waals surface area (Å²) in [7, 11) is 0. The van der Waals surface area contributed by atoms with Gasteiger partial charge in [-0.25, -0.2) is 0 Å². The summed E-state index contributed by atoms with van der Waals surface area (Å²) >= 11 is 11.7. The molecule has 0 amide bonds. The second-order valence-corrected chi connectivity index (χ2v) is 6.06. The SMILES string of the molecule is N#Cc1ccc(Nc2cc(I)ccc2Cl)cc1Br. The molecular weight excluding hydrogens is 426 g/mol. The van der Waals surface area contributed by atoms with E-state index in [0.29, 0.717) is 10.6 Å². The third-order valence-electron chi connectivity index (χ3n) is 2.30. The third-order valence-corrected chi connectivity index (χ3v) is 3.95. The van der Waals surface area contributed by atoms with E-state index in [-0.39, 0.29) is 0 Å². The Kier molecular flexibility index (Phi) is 4.49. The van der Waals surface area contributed by atoms with Gasteiger partial charge in [0.1, 0.15) is 6.07 Å². The molecule has 0 atom stereocenters. The van der Waals surface area contributed by atoms with Gasteiger partial charge in [0.25, 0.3) is 0 Å². The first-order valence-corrected chi connectivity index (χ1v) is 7.27. The lowest BCUT2D eigenvalue weighted by molar-refractivity contribution is 1.45. The van der Waals surface area contributed by atoms with Crippen LogP contribution in [0.25, 0.3) is 0 Å². The molecule has 0 aliphatic rings. The highest BCUT2D eigenvalue weighted by Crippen LogP contribution is 2.29. The van der Waals surface area contributed by atoms with Crippen molar-refractivity contribution >= 4 is 61.5 Å². The number of benzene rings is 2. The van der Waals surface area contributed by atoms with E-state index in [2.05, 4.69) is 49.9 Å². The Labute approximate surface area is 132 Å². The summed E-state index contributed by atoms with van der Waals surface area (Å²) in [4.78, 5) is 0. The lowest BCUT2D eigenvalue weighted by Gasteiger charge is -2.09. The van der Waals surface area contributed by atoms with Crippen molar-refractivity contribution in [2.24, 2.45) is 0 Å². The number of hydrogen-bond donors (Lipinski definition) is 1. The van der Waals surface area contributed by atoms with Gasteiger partial charge in [0.05, 0.1) is 16.3 Å². The van der Waals surface area contributed by atoms with Crippen molar-refractivity contribution < 1.29 is 0 Å². The molecule has 2 aromatic rings. The first kappa shape index (κ1) is 13.7. The molecule has 0 fully saturated rings. The second-order valence-electron chi connectivity index (χ2n) is 3.56. The minimum atomic E-state index is 0.606. The standard InChI is InChI=1S/C13H7BrClIN2/c14-11-6-10(3-1-8(11)7-17)18-13-5-9(16)2-4-12(13)15/h1-6,18H. The highest BCUT2D eigenvalue weighted by Gasteiger charge is 2.04. The largest absolute Gasteiger partial charge is 0.354 e. The first-order chi connectivity index (χ1) is 8.60. The third kappa shape index (κ3) is 3.16. The van der Waals surface area contributed by atoms with Gasteiger partial charge in [0, 0.05) is 13.7 Å². The minimum Gasteiger partial charge on any atom is -0.354 e. The molecule has 1 N–H and O–H groups in total. The monoisotopic (exact) mass is 432 g/mol. The van der Waals surface area contributed by atoms with Crippen LogP contribution >= 0.6 is 50.1 Å². The number of hydrogen-bond acceptors (Lipinski definition) is 2. The number of nitriles is 1. The van der Waals surface area contributed by atoms with Gasteiger partial charge >= 0.3 is 0 Å². The lowest BCUT2D eigenvalue weighted by Crippen LogP contribution is -1.92. The fraction of sp³-hybridized carbons (Fsp3) is 0. The molecule has 0 spiro atoms. The van der Waals surface area contributed by atoms with Crippen LogP contribution in [0.5, 0.6) is 0 Å². The maximum atomic E-state index is 8.86. The summed E-state index contributed by atoms with van der Waals surface area (Å²) in [5.74, 6) is 0. The van der Waals surface area contributed by atoms with Crippen molar-refractivity contribution in [1.29, 1.82) is 5.26 Å². The number of halogens is 3. The Balaban J connectivity index is 2.32. The van der Waals surface area contributed by atoms with Crippen molar-refractivity contribution in [3.8, 4) is 6.07 Å². The molecule has 0 saturated carbocycles. The van der Waals surface area contributed by atoms with Gasteiger partial charge in [0.2, 0.25) is 0 Å². The van der Waals surface area contributed by atoms with Crippen LogP contribution in [0.15, 0.2) is 40.9 Å². The molecular formula is C13H7BrClIN2.